The summed E-state index contributed by atoms with van der Waals surface area (Å²) in [6.45, 7) is 10.5. The highest BCUT2D eigenvalue weighted by atomic mass is 127. The number of rotatable bonds is 10. The first-order valence-corrected chi connectivity index (χ1v) is 17.1. The Morgan fingerprint density at radius 1 is 1.13 bits per heavy atom. The molecule has 2 amide bonds. The van der Waals surface area contributed by atoms with Crippen molar-refractivity contribution in [3.05, 3.63) is 53.0 Å². The fourth-order valence-electron chi connectivity index (χ4n) is 5.29. The molecule has 0 radical (unpaired) electrons. The first-order valence-electron chi connectivity index (χ1n) is 15.0. The highest BCUT2D eigenvalue weighted by Crippen LogP contribution is 2.30. The molecule has 0 bridgehead atoms. The van der Waals surface area contributed by atoms with Crippen molar-refractivity contribution in [1.82, 2.24) is 14.8 Å². The Morgan fingerprint density at radius 3 is 2.42 bits per heavy atom. The molecule has 0 unspecified atom stereocenters. The second-order valence-electron chi connectivity index (χ2n) is 12.2. The third-order valence-electron chi connectivity index (χ3n) is 7.57. The van der Waals surface area contributed by atoms with Crippen LogP contribution < -0.4 is 21.0 Å². The van der Waals surface area contributed by atoms with Crippen LogP contribution in [0.25, 0.3) is 10.9 Å². The molecule has 1 aliphatic heterocycles. The van der Waals surface area contributed by atoms with Crippen LogP contribution in [0.15, 0.2) is 33.5 Å². The van der Waals surface area contributed by atoms with Gasteiger partial charge >= 0.3 is 11.7 Å². The number of carbonyl (C=O) groups excluding carboxylic acids is 2. The van der Waals surface area contributed by atoms with Gasteiger partial charge in [0.05, 0.1) is 25.2 Å². The van der Waals surface area contributed by atoms with E-state index in [1.165, 1.54) is 19.3 Å². The van der Waals surface area contributed by atoms with Gasteiger partial charge in [-0.15, -0.1) is 0 Å². The predicted octanol–water partition coefficient (Wildman–Crippen LogP) is 6.03. The van der Waals surface area contributed by atoms with Crippen LogP contribution in [-0.2, 0) is 16.0 Å². The first kappa shape index (κ1) is 35.2. The van der Waals surface area contributed by atoms with Crippen LogP contribution in [0.3, 0.4) is 0 Å². The topological polar surface area (TPSA) is 126 Å². The smallest absolute Gasteiger partial charge is 0.412 e. The number of likely N-dealkylation sites (N-methyl/N-ethyl adjacent to an activating group) is 1. The lowest BCUT2D eigenvalue weighted by Crippen LogP contribution is -2.45. The lowest BCUT2D eigenvalue weighted by Gasteiger charge is -2.30. The van der Waals surface area contributed by atoms with Gasteiger partial charge in [-0.05, 0) is 134 Å². The number of hydrogen-bond acceptors (Lipinski definition) is 9. The second kappa shape index (κ2) is 15.3. The molecular weight excluding hydrogens is 804 g/mol. The Bertz CT molecular complexity index is 1580. The van der Waals surface area contributed by atoms with Crippen molar-refractivity contribution < 1.29 is 23.5 Å². The van der Waals surface area contributed by atoms with Crippen LogP contribution in [0.1, 0.15) is 51.2 Å². The number of hydrogen-bond donors (Lipinski definition) is 2. The summed E-state index contributed by atoms with van der Waals surface area (Å²) in [5.74, 6) is 0.651. The molecule has 4 rings (SSSR count). The average molecular weight is 846 g/mol. The molecular formula is C32H41I2N5O6. The lowest BCUT2D eigenvalue weighted by molar-refractivity contribution is -0.131. The standard InChI is InChI=1S/C32H41I2N5O6/c1-19-23(37-31(42)45-32(2,3)4)10-11-24-26(19)29(41)44-30(35-24)36-25(18-20-16-21(33)27(43-6)22(34)17-20)28(40)38(5)14-15-39-12-8-7-9-13-39/h10-11,16-17,25H,7-9,12-15,18H2,1-6H3,(H,35,36)(H,37,42)/t25-/m0/s1. The molecule has 1 atom stereocenters. The van der Waals surface area contributed by atoms with E-state index in [2.05, 4.69) is 65.7 Å². The van der Waals surface area contributed by atoms with Gasteiger partial charge in [-0.3, -0.25) is 10.1 Å². The quantitative estimate of drug-likeness (QED) is 0.236. The van der Waals surface area contributed by atoms with E-state index in [0.717, 1.165) is 38.1 Å². The summed E-state index contributed by atoms with van der Waals surface area (Å²) in [6.07, 6.45) is 3.32. The van der Waals surface area contributed by atoms with Crippen molar-refractivity contribution in [3.8, 4) is 5.75 Å². The fourth-order valence-corrected chi connectivity index (χ4v) is 7.63. The fraction of sp³-hybridized carbons (Fsp3) is 0.500. The van der Waals surface area contributed by atoms with E-state index in [-0.39, 0.29) is 17.3 Å². The molecule has 45 heavy (non-hydrogen) atoms. The van der Waals surface area contributed by atoms with E-state index < -0.39 is 23.4 Å². The Morgan fingerprint density at radius 2 is 1.80 bits per heavy atom. The summed E-state index contributed by atoms with van der Waals surface area (Å²) in [4.78, 5) is 48.2. The van der Waals surface area contributed by atoms with Crippen molar-refractivity contribution in [2.24, 2.45) is 0 Å². The molecule has 3 aromatic rings. The molecule has 0 aliphatic carbocycles. The van der Waals surface area contributed by atoms with E-state index in [0.29, 0.717) is 29.7 Å². The van der Waals surface area contributed by atoms with Crippen LogP contribution in [0.5, 0.6) is 5.75 Å². The zero-order valence-corrected chi connectivity index (χ0v) is 30.9. The number of carbonyl (C=O) groups is 2. The van der Waals surface area contributed by atoms with Crippen LogP contribution in [0.2, 0.25) is 0 Å². The maximum Gasteiger partial charge on any atom is 0.412 e. The van der Waals surface area contributed by atoms with Gasteiger partial charge in [-0.2, -0.15) is 4.98 Å². The predicted molar refractivity (Wildman–Crippen MR) is 192 cm³/mol. The maximum atomic E-state index is 13.9. The van der Waals surface area contributed by atoms with Crippen LogP contribution in [0, 0.1) is 14.1 Å². The number of benzene rings is 2. The number of aryl methyl sites for hydroxylation is 1. The number of methoxy groups -OCH3 is 1. The summed E-state index contributed by atoms with van der Waals surface area (Å²) in [7, 11) is 3.44. The van der Waals surface area contributed by atoms with E-state index >= 15 is 0 Å². The minimum absolute atomic E-state index is 0.0552. The lowest BCUT2D eigenvalue weighted by atomic mass is 10.0. The summed E-state index contributed by atoms with van der Waals surface area (Å²) >= 11 is 4.45. The molecule has 2 heterocycles. The van der Waals surface area contributed by atoms with Crippen molar-refractivity contribution in [3.63, 3.8) is 0 Å². The number of piperidine rings is 1. The van der Waals surface area contributed by atoms with Gasteiger partial charge in [0.1, 0.15) is 17.4 Å². The van der Waals surface area contributed by atoms with Crippen molar-refractivity contribution in [2.75, 3.05) is 51.0 Å². The number of anilines is 2. The number of fused-ring (bicyclic) bond motifs is 1. The molecule has 244 valence electrons. The molecule has 0 saturated carbocycles. The molecule has 2 aromatic carbocycles. The van der Waals surface area contributed by atoms with Gasteiger partial charge in [0.2, 0.25) is 5.91 Å². The Hall–Kier alpha value is -2.66. The number of likely N-dealkylation sites (tertiary alicyclic amines) is 1. The largest absolute Gasteiger partial charge is 0.495 e. The summed E-state index contributed by atoms with van der Waals surface area (Å²) in [6, 6.07) is 6.47. The third kappa shape index (κ3) is 9.44. The van der Waals surface area contributed by atoms with Gasteiger partial charge in [-0.1, -0.05) is 6.42 Å². The maximum absolute atomic E-state index is 13.9. The van der Waals surface area contributed by atoms with E-state index in [1.807, 2.05) is 12.1 Å². The second-order valence-corrected chi connectivity index (χ2v) is 14.5. The molecule has 1 saturated heterocycles. The third-order valence-corrected chi connectivity index (χ3v) is 9.17. The van der Waals surface area contributed by atoms with Crippen molar-refractivity contribution in [2.45, 2.75) is 65.0 Å². The Kier molecular flexibility index (Phi) is 12.0. The van der Waals surface area contributed by atoms with E-state index in [9.17, 15) is 14.4 Å². The monoisotopic (exact) mass is 845 g/mol. The number of aromatic nitrogens is 1. The van der Waals surface area contributed by atoms with E-state index in [1.54, 1.807) is 58.9 Å². The van der Waals surface area contributed by atoms with Gasteiger partial charge in [0.25, 0.3) is 6.01 Å². The first-order chi connectivity index (χ1) is 21.3. The van der Waals surface area contributed by atoms with Gasteiger partial charge < -0.3 is 29.0 Å². The number of ether oxygens (including phenoxy) is 2. The average Bonchev–Trinajstić information content (AvgIpc) is 2.96. The molecule has 11 nitrogen and oxygen atoms in total. The summed E-state index contributed by atoms with van der Waals surface area (Å²) in [5.41, 5.74) is 0.910. The minimum atomic E-state index is -0.751. The molecule has 1 aliphatic rings. The van der Waals surface area contributed by atoms with Gasteiger partial charge in [0, 0.05) is 32.2 Å². The zero-order chi connectivity index (χ0) is 32.9. The summed E-state index contributed by atoms with van der Waals surface area (Å²) in [5, 5.41) is 6.05. The molecule has 13 heteroatoms. The molecule has 1 fully saturated rings. The highest BCUT2D eigenvalue weighted by Gasteiger charge is 2.26. The number of amides is 2. The van der Waals surface area contributed by atoms with Crippen molar-refractivity contribution in [1.29, 1.82) is 0 Å². The minimum Gasteiger partial charge on any atom is -0.495 e. The van der Waals surface area contributed by atoms with Crippen LogP contribution in [-0.4, -0.2) is 78.8 Å². The highest BCUT2D eigenvalue weighted by molar-refractivity contribution is 14.1. The van der Waals surface area contributed by atoms with Crippen LogP contribution >= 0.6 is 45.2 Å². The number of nitrogens with zero attached hydrogens (tertiary/aromatic N) is 3. The van der Waals surface area contributed by atoms with E-state index in [4.69, 9.17) is 13.9 Å². The number of nitrogens with one attached hydrogen (secondary N) is 2. The molecule has 1 aromatic heterocycles. The summed E-state index contributed by atoms with van der Waals surface area (Å²) < 4.78 is 18.4. The zero-order valence-electron chi connectivity index (χ0n) is 26.6. The SMILES string of the molecule is COc1c(I)cc(C[C@H](Nc2nc3ccc(NC(=O)OC(C)(C)C)c(C)c3c(=O)o2)C(=O)N(C)CCN2CCCCC2)cc1I. The Labute approximate surface area is 291 Å². The number of halogens is 2. The van der Waals surface area contributed by atoms with Gasteiger partial charge in [0.15, 0.2) is 0 Å². The normalized spacial score (nSPS) is 14.6. The molecule has 0 spiro atoms. The van der Waals surface area contributed by atoms with Crippen molar-refractivity contribution >= 4 is 79.8 Å². The van der Waals surface area contributed by atoms with Crippen LogP contribution in [0.4, 0.5) is 16.5 Å². The van der Waals surface area contributed by atoms with Gasteiger partial charge in [-0.25, -0.2) is 9.59 Å². The molecule has 2 N–H and O–H groups in total. The Balaban J connectivity index is 1.61.